The second-order valence-corrected chi connectivity index (χ2v) is 6.35. The van der Waals surface area contributed by atoms with Crippen LogP contribution in [0.2, 0.25) is 0 Å². The molecule has 1 aliphatic rings. The lowest BCUT2D eigenvalue weighted by atomic mass is 9.64. The van der Waals surface area contributed by atoms with E-state index in [0.717, 1.165) is 25.7 Å². The first-order valence-electron chi connectivity index (χ1n) is 7.66. The summed E-state index contributed by atoms with van der Waals surface area (Å²) in [6.45, 7) is 4.38. The molecule has 0 bridgehead atoms. The van der Waals surface area contributed by atoms with Crippen molar-refractivity contribution >= 4 is 0 Å². The van der Waals surface area contributed by atoms with Crippen LogP contribution >= 0.6 is 0 Å². The van der Waals surface area contributed by atoms with Crippen molar-refractivity contribution in [2.75, 3.05) is 6.54 Å². The van der Waals surface area contributed by atoms with Gasteiger partial charge in [-0.25, -0.2) is 4.39 Å². The lowest BCUT2D eigenvalue weighted by Crippen LogP contribution is -2.41. The van der Waals surface area contributed by atoms with E-state index in [1.807, 2.05) is 6.07 Å². The van der Waals surface area contributed by atoms with Crippen molar-refractivity contribution in [2.24, 2.45) is 17.1 Å². The number of aryl methyl sites for hydroxylation is 1. The Kier molecular flexibility index (Phi) is 4.82. The molecule has 0 aliphatic heterocycles. The number of benzene rings is 1. The monoisotopic (exact) mass is 279 g/mol. The zero-order chi connectivity index (χ0) is 14.8. The van der Waals surface area contributed by atoms with Gasteiger partial charge in [0.2, 0.25) is 0 Å². The summed E-state index contributed by atoms with van der Waals surface area (Å²) in [4.78, 5) is 0. The maximum Gasteiger partial charge on any atom is 0.126 e. The van der Waals surface area contributed by atoms with E-state index in [0.29, 0.717) is 23.6 Å². The second-order valence-electron chi connectivity index (χ2n) is 6.35. The zero-order valence-corrected chi connectivity index (χ0v) is 12.5. The fourth-order valence-electron chi connectivity index (χ4n) is 3.55. The Labute approximate surface area is 121 Å². The van der Waals surface area contributed by atoms with Crippen LogP contribution in [0.1, 0.15) is 56.3 Å². The van der Waals surface area contributed by atoms with Gasteiger partial charge in [0.25, 0.3) is 0 Å². The molecule has 2 rings (SSSR count). The standard InChI is InChI=1S/C17H26FNO/c1-3-13-5-4-8-17(10-13,11-19)16(20)14-7-6-12(2)15(18)9-14/h6-7,9,13,16,20H,3-5,8,10-11,19H2,1-2H3. The molecule has 0 heterocycles. The number of nitrogens with two attached hydrogens (primary N) is 1. The van der Waals surface area contributed by atoms with E-state index in [1.165, 1.54) is 12.5 Å². The van der Waals surface area contributed by atoms with E-state index in [9.17, 15) is 9.50 Å². The van der Waals surface area contributed by atoms with Crippen LogP contribution in [0, 0.1) is 24.1 Å². The number of aliphatic hydroxyl groups is 1. The first kappa shape index (κ1) is 15.5. The topological polar surface area (TPSA) is 46.2 Å². The summed E-state index contributed by atoms with van der Waals surface area (Å²) >= 11 is 0. The Morgan fingerprint density at radius 1 is 1.50 bits per heavy atom. The third kappa shape index (κ3) is 2.89. The molecule has 0 spiro atoms. The molecule has 1 aliphatic carbocycles. The molecule has 0 saturated heterocycles. The van der Waals surface area contributed by atoms with Gasteiger partial charge < -0.3 is 10.8 Å². The Bertz CT molecular complexity index is 462. The maximum atomic E-state index is 13.7. The summed E-state index contributed by atoms with van der Waals surface area (Å²) in [5.41, 5.74) is 6.99. The van der Waals surface area contributed by atoms with Crippen LogP contribution in [0.5, 0.6) is 0 Å². The zero-order valence-electron chi connectivity index (χ0n) is 12.5. The molecular weight excluding hydrogens is 253 g/mol. The van der Waals surface area contributed by atoms with E-state index < -0.39 is 6.10 Å². The molecule has 1 saturated carbocycles. The molecule has 3 unspecified atom stereocenters. The third-order valence-electron chi connectivity index (χ3n) is 5.06. The van der Waals surface area contributed by atoms with Crippen molar-refractivity contribution in [2.45, 2.75) is 52.1 Å². The van der Waals surface area contributed by atoms with Crippen LogP contribution in [0.15, 0.2) is 18.2 Å². The minimum Gasteiger partial charge on any atom is -0.388 e. The highest BCUT2D eigenvalue weighted by molar-refractivity contribution is 5.26. The van der Waals surface area contributed by atoms with Crippen molar-refractivity contribution in [1.29, 1.82) is 0 Å². The largest absolute Gasteiger partial charge is 0.388 e. The van der Waals surface area contributed by atoms with E-state index in [1.54, 1.807) is 13.0 Å². The molecule has 1 aromatic rings. The number of halogens is 1. The normalized spacial score (nSPS) is 28.4. The van der Waals surface area contributed by atoms with Crippen LogP contribution in [0.4, 0.5) is 4.39 Å². The molecule has 0 aromatic heterocycles. The third-order valence-corrected chi connectivity index (χ3v) is 5.06. The summed E-state index contributed by atoms with van der Waals surface area (Å²) in [5, 5.41) is 10.8. The highest BCUT2D eigenvalue weighted by Gasteiger charge is 2.41. The predicted octanol–water partition coefficient (Wildman–Crippen LogP) is 3.71. The van der Waals surface area contributed by atoms with Crippen LogP contribution < -0.4 is 5.73 Å². The molecule has 1 fully saturated rings. The number of rotatable bonds is 4. The van der Waals surface area contributed by atoms with E-state index in [-0.39, 0.29) is 11.2 Å². The lowest BCUT2D eigenvalue weighted by Gasteiger charge is -2.43. The van der Waals surface area contributed by atoms with Gasteiger partial charge in [0, 0.05) is 12.0 Å². The predicted molar refractivity (Wildman–Crippen MR) is 79.8 cm³/mol. The molecule has 0 radical (unpaired) electrons. The maximum absolute atomic E-state index is 13.7. The van der Waals surface area contributed by atoms with Crippen molar-refractivity contribution in [3.8, 4) is 0 Å². The van der Waals surface area contributed by atoms with Crippen LogP contribution in [0.25, 0.3) is 0 Å². The Hall–Kier alpha value is -0.930. The molecular formula is C17H26FNO. The molecule has 3 atom stereocenters. The van der Waals surface area contributed by atoms with Gasteiger partial charge in [-0.2, -0.15) is 0 Å². The average Bonchev–Trinajstić information content (AvgIpc) is 2.49. The first-order chi connectivity index (χ1) is 9.52. The summed E-state index contributed by atoms with van der Waals surface area (Å²) in [5.74, 6) is 0.369. The minimum absolute atomic E-state index is 0.253. The van der Waals surface area contributed by atoms with Crippen molar-refractivity contribution in [1.82, 2.24) is 0 Å². The van der Waals surface area contributed by atoms with E-state index in [4.69, 9.17) is 5.73 Å². The highest BCUT2D eigenvalue weighted by atomic mass is 19.1. The van der Waals surface area contributed by atoms with E-state index in [2.05, 4.69) is 6.92 Å². The van der Waals surface area contributed by atoms with Crippen molar-refractivity contribution < 1.29 is 9.50 Å². The van der Waals surface area contributed by atoms with E-state index >= 15 is 0 Å². The Morgan fingerprint density at radius 2 is 2.25 bits per heavy atom. The van der Waals surface area contributed by atoms with Gasteiger partial charge in [0.15, 0.2) is 0 Å². The van der Waals surface area contributed by atoms with Gasteiger partial charge >= 0.3 is 0 Å². The van der Waals surface area contributed by atoms with Crippen molar-refractivity contribution in [3.05, 3.63) is 35.1 Å². The molecule has 3 N–H and O–H groups in total. The van der Waals surface area contributed by atoms with Gasteiger partial charge in [-0.3, -0.25) is 0 Å². The van der Waals surface area contributed by atoms with Gasteiger partial charge in [-0.05, 0) is 42.9 Å². The highest BCUT2D eigenvalue weighted by Crippen LogP contribution is 2.48. The average molecular weight is 279 g/mol. The Morgan fingerprint density at radius 3 is 2.85 bits per heavy atom. The quantitative estimate of drug-likeness (QED) is 0.882. The SMILES string of the molecule is CCC1CCCC(CN)(C(O)c2ccc(C)c(F)c2)C1. The summed E-state index contributed by atoms with van der Waals surface area (Å²) in [6.07, 6.45) is 4.63. The molecule has 0 amide bonds. The van der Waals surface area contributed by atoms with Gasteiger partial charge in [-0.1, -0.05) is 38.3 Å². The Balaban J connectivity index is 2.27. The van der Waals surface area contributed by atoms with Gasteiger partial charge in [0.05, 0.1) is 6.10 Å². The smallest absolute Gasteiger partial charge is 0.126 e. The fraction of sp³-hybridized carbons (Fsp3) is 0.647. The minimum atomic E-state index is -0.669. The molecule has 3 heteroatoms. The number of aliphatic hydroxyl groups excluding tert-OH is 1. The number of hydrogen-bond acceptors (Lipinski definition) is 2. The summed E-state index contributed by atoms with van der Waals surface area (Å²) in [6, 6.07) is 5.03. The first-order valence-corrected chi connectivity index (χ1v) is 7.66. The second kappa shape index (κ2) is 6.23. The van der Waals surface area contributed by atoms with Crippen LogP contribution in [0.3, 0.4) is 0 Å². The van der Waals surface area contributed by atoms with Crippen LogP contribution in [-0.2, 0) is 0 Å². The van der Waals surface area contributed by atoms with Crippen molar-refractivity contribution in [3.63, 3.8) is 0 Å². The fourth-order valence-corrected chi connectivity index (χ4v) is 3.55. The molecule has 20 heavy (non-hydrogen) atoms. The number of hydrogen-bond donors (Lipinski definition) is 2. The van der Waals surface area contributed by atoms with Gasteiger partial charge in [-0.15, -0.1) is 0 Å². The molecule has 1 aromatic carbocycles. The molecule has 112 valence electrons. The summed E-state index contributed by atoms with van der Waals surface area (Å²) in [7, 11) is 0. The lowest BCUT2D eigenvalue weighted by molar-refractivity contribution is -0.0163. The van der Waals surface area contributed by atoms with Gasteiger partial charge in [0.1, 0.15) is 5.82 Å². The molecule has 2 nitrogen and oxygen atoms in total. The van der Waals surface area contributed by atoms with Crippen LogP contribution in [-0.4, -0.2) is 11.7 Å². The summed E-state index contributed by atoms with van der Waals surface area (Å²) < 4.78 is 13.7.